The van der Waals surface area contributed by atoms with E-state index in [0.717, 1.165) is 6.08 Å². The van der Waals surface area contributed by atoms with Crippen molar-refractivity contribution < 1.29 is 13.2 Å². The van der Waals surface area contributed by atoms with Crippen molar-refractivity contribution in [1.82, 2.24) is 0 Å². The maximum Gasteiger partial charge on any atom is 0.421 e. The third-order valence-corrected chi connectivity index (χ3v) is 2.02. The van der Waals surface area contributed by atoms with Crippen molar-refractivity contribution in [2.24, 2.45) is 0 Å². The van der Waals surface area contributed by atoms with Gasteiger partial charge < -0.3 is 0 Å². The maximum absolute atomic E-state index is 11.6. The summed E-state index contributed by atoms with van der Waals surface area (Å²) in [6, 6.07) is 0. The number of halogens is 5. The summed E-state index contributed by atoms with van der Waals surface area (Å²) in [5.41, 5.74) is 0. The highest BCUT2D eigenvalue weighted by Gasteiger charge is 2.30. The normalized spacial score (nSPS) is 14.1. The molecule has 0 fully saturated rings. The molecule has 0 N–H and O–H groups in total. The number of hydrogen-bond donors (Lipinski definition) is 0. The minimum absolute atomic E-state index is 0.398. The number of allylic oxidation sites excluding steroid dienone is 2. The summed E-state index contributed by atoms with van der Waals surface area (Å²) < 4.78 is 34.5. The monoisotopic (exact) mass is 362 g/mol. The SMILES string of the molecule is FC(F)(F)/C(I)=C/CI. The number of alkyl halides is 4. The van der Waals surface area contributed by atoms with Gasteiger partial charge in [0.2, 0.25) is 0 Å². The molecule has 0 aliphatic heterocycles. The Morgan fingerprint density at radius 1 is 1.44 bits per heavy atom. The van der Waals surface area contributed by atoms with Crippen LogP contribution in [0.5, 0.6) is 0 Å². The molecule has 0 aliphatic carbocycles. The highest BCUT2D eigenvalue weighted by Crippen LogP contribution is 2.30. The maximum atomic E-state index is 11.6. The van der Waals surface area contributed by atoms with E-state index in [-0.39, 0.29) is 0 Å². The van der Waals surface area contributed by atoms with Gasteiger partial charge in [0.1, 0.15) is 0 Å². The first-order valence-corrected chi connectivity index (χ1v) is 4.57. The zero-order valence-corrected chi connectivity index (χ0v) is 8.49. The molecule has 0 bridgehead atoms. The average molecular weight is 362 g/mol. The fourth-order valence-electron chi connectivity index (χ4n) is 0.183. The first kappa shape index (κ1) is 9.99. The Morgan fingerprint density at radius 2 is 1.89 bits per heavy atom. The topological polar surface area (TPSA) is 0 Å². The lowest BCUT2D eigenvalue weighted by atomic mass is 10.5. The molecule has 0 aromatic carbocycles. The molecule has 9 heavy (non-hydrogen) atoms. The molecular formula is C4H3F3I2. The number of hydrogen-bond acceptors (Lipinski definition) is 0. The van der Waals surface area contributed by atoms with E-state index in [9.17, 15) is 13.2 Å². The summed E-state index contributed by atoms with van der Waals surface area (Å²) in [6.07, 6.45) is -3.01. The molecule has 0 saturated heterocycles. The lowest BCUT2D eigenvalue weighted by Crippen LogP contribution is -2.06. The van der Waals surface area contributed by atoms with Crippen LogP contribution in [0, 0.1) is 0 Å². The van der Waals surface area contributed by atoms with Gasteiger partial charge in [0, 0.05) is 4.43 Å². The van der Waals surface area contributed by atoms with E-state index >= 15 is 0 Å². The molecule has 0 radical (unpaired) electrons. The van der Waals surface area contributed by atoms with Crippen LogP contribution in [0.4, 0.5) is 13.2 Å². The summed E-state index contributed by atoms with van der Waals surface area (Å²) in [4.78, 5) is 0. The van der Waals surface area contributed by atoms with Crippen LogP contribution in [-0.4, -0.2) is 10.6 Å². The highest BCUT2D eigenvalue weighted by atomic mass is 127. The van der Waals surface area contributed by atoms with Gasteiger partial charge >= 0.3 is 6.18 Å². The van der Waals surface area contributed by atoms with Gasteiger partial charge in [-0.25, -0.2) is 0 Å². The molecule has 5 heteroatoms. The lowest BCUT2D eigenvalue weighted by Gasteiger charge is -2.02. The molecular weight excluding hydrogens is 359 g/mol. The van der Waals surface area contributed by atoms with Crippen LogP contribution in [-0.2, 0) is 0 Å². The van der Waals surface area contributed by atoms with E-state index in [1.54, 1.807) is 0 Å². The van der Waals surface area contributed by atoms with E-state index in [4.69, 9.17) is 0 Å². The minimum Gasteiger partial charge on any atom is -0.166 e. The first-order chi connectivity index (χ1) is 3.98. The molecule has 0 spiro atoms. The van der Waals surface area contributed by atoms with Gasteiger partial charge in [-0.1, -0.05) is 28.7 Å². The smallest absolute Gasteiger partial charge is 0.166 e. The second kappa shape index (κ2) is 3.99. The van der Waals surface area contributed by atoms with Crippen LogP contribution in [0.25, 0.3) is 0 Å². The molecule has 0 saturated carbocycles. The Balaban J connectivity index is 4.03. The molecule has 0 nitrogen and oxygen atoms in total. The van der Waals surface area contributed by atoms with Crippen LogP contribution in [0.15, 0.2) is 9.66 Å². The Bertz CT molecular complexity index is 115. The van der Waals surface area contributed by atoms with Crippen LogP contribution >= 0.6 is 45.2 Å². The van der Waals surface area contributed by atoms with Crippen LogP contribution in [0.1, 0.15) is 0 Å². The molecule has 54 valence electrons. The van der Waals surface area contributed by atoms with Crippen molar-refractivity contribution in [2.45, 2.75) is 6.18 Å². The molecule has 0 amide bonds. The van der Waals surface area contributed by atoms with Crippen molar-refractivity contribution in [1.29, 1.82) is 0 Å². The molecule has 0 aliphatic rings. The zero-order chi connectivity index (χ0) is 7.49. The molecule has 0 heterocycles. The Kier molecular flexibility index (Phi) is 4.43. The molecule has 0 unspecified atom stereocenters. The van der Waals surface area contributed by atoms with Crippen molar-refractivity contribution in [2.75, 3.05) is 4.43 Å². The van der Waals surface area contributed by atoms with Crippen LogP contribution in [0.2, 0.25) is 0 Å². The van der Waals surface area contributed by atoms with E-state index in [0.29, 0.717) is 4.43 Å². The van der Waals surface area contributed by atoms with Crippen molar-refractivity contribution >= 4 is 45.2 Å². The van der Waals surface area contributed by atoms with E-state index in [1.807, 2.05) is 22.6 Å². The van der Waals surface area contributed by atoms with Gasteiger partial charge in [-0.15, -0.1) is 0 Å². The molecule has 0 aromatic rings. The third kappa shape index (κ3) is 4.40. The largest absolute Gasteiger partial charge is 0.421 e. The second-order valence-corrected chi connectivity index (χ2v) is 3.25. The molecule has 0 rings (SSSR count). The highest BCUT2D eigenvalue weighted by molar-refractivity contribution is 14.1. The summed E-state index contributed by atoms with van der Waals surface area (Å²) in [5.74, 6) is 0. The molecule has 0 atom stereocenters. The summed E-state index contributed by atoms with van der Waals surface area (Å²) in [5, 5.41) is 0. The Labute approximate surface area is 78.2 Å². The van der Waals surface area contributed by atoms with E-state index in [1.165, 1.54) is 22.6 Å². The second-order valence-electron chi connectivity index (χ2n) is 1.20. The predicted molar refractivity (Wildman–Crippen MR) is 47.0 cm³/mol. The van der Waals surface area contributed by atoms with Gasteiger partial charge in [0.15, 0.2) is 0 Å². The summed E-state index contributed by atoms with van der Waals surface area (Å²) in [7, 11) is 0. The fourth-order valence-corrected chi connectivity index (χ4v) is 1.69. The van der Waals surface area contributed by atoms with Gasteiger partial charge in [0.05, 0.1) is 3.58 Å². The minimum atomic E-state index is -4.15. The van der Waals surface area contributed by atoms with Gasteiger partial charge in [-0.3, -0.25) is 0 Å². The van der Waals surface area contributed by atoms with Crippen molar-refractivity contribution in [3.8, 4) is 0 Å². The Morgan fingerprint density at radius 3 is 2.00 bits per heavy atom. The Hall–Kier alpha value is 0.990. The summed E-state index contributed by atoms with van der Waals surface area (Å²) >= 11 is 3.14. The summed E-state index contributed by atoms with van der Waals surface area (Å²) in [6.45, 7) is 0. The fraction of sp³-hybridized carbons (Fsp3) is 0.500. The standard InChI is InChI=1S/C4H3F3I2/c5-4(6,7)3(9)1-2-8/h1H,2H2/b3-1-. The predicted octanol–water partition coefficient (Wildman–Crippen LogP) is 3.30. The lowest BCUT2D eigenvalue weighted by molar-refractivity contribution is -0.0818. The van der Waals surface area contributed by atoms with Crippen molar-refractivity contribution in [3.63, 3.8) is 0 Å². The number of rotatable bonds is 1. The molecule has 0 aromatic heterocycles. The van der Waals surface area contributed by atoms with E-state index < -0.39 is 9.76 Å². The van der Waals surface area contributed by atoms with Crippen molar-refractivity contribution in [3.05, 3.63) is 9.66 Å². The first-order valence-electron chi connectivity index (χ1n) is 1.97. The average Bonchev–Trinajstić information content (AvgIpc) is 1.64. The van der Waals surface area contributed by atoms with Crippen LogP contribution < -0.4 is 0 Å². The van der Waals surface area contributed by atoms with Crippen LogP contribution in [0.3, 0.4) is 0 Å². The van der Waals surface area contributed by atoms with Gasteiger partial charge in [0.25, 0.3) is 0 Å². The van der Waals surface area contributed by atoms with Gasteiger partial charge in [-0.05, 0) is 22.6 Å². The zero-order valence-electron chi connectivity index (χ0n) is 4.17. The quantitative estimate of drug-likeness (QED) is 0.496. The van der Waals surface area contributed by atoms with E-state index in [2.05, 4.69) is 0 Å². The third-order valence-electron chi connectivity index (χ3n) is 0.527. The van der Waals surface area contributed by atoms with Gasteiger partial charge in [-0.2, -0.15) is 13.2 Å².